The summed E-state index contributed by atoms with van der Waals surface area (Å²) in [6.45, 7) is 0. The lowest BCUT2D eigenvalue weighted by atomic mass is 9.95. The average Bonchev–Trinajstić information content (AvgIpc) is 2.97. The zero-order valence-electron chi connectivity index (χ0n) is 22.6. The highest BCUT2D eigenvalue weighted by molar-refractivity contribution is 5.87. The molecule has 0 bridgehead atoms. The smallest absolute Gasteiger partial charge is 0.339 e. The lowest BCUT2D eigenvalue weighted by molar-refractivity contribution is -0.0232. The van der Waals surface area contributed by atoms with Gasteiger partial charge < -0.3 is 32.9 Å². The first-order valence-corrected chi connectivity index (χ1v) is 13.3. The van der Waals surface area contributed by atoms with Gasteiger partial charge >= 0.3 is 16.9 Å². The zero-order chi connectivity index (χ0) is 29.8. The summed E-state index contributed by atoms with van der Waals surface area (Å²) in [4.78, 5) is 37.8. The van der Waals surface area contributed by atoms with Crippen LogP contribution in [0.3, 0.4) is 0 Å². The molecule has 0 spiro atoms. The van der Waals surface area contributed by atoms with Crippen molar-refractivity contribution >= 4 is 21.9 Å². The number of ether oxygens (including phenoxy) is 2. The van der Waals surface area contributed by atoms with Gasteiger partial charge in [-0.2, -0.15) is 0 Å². The number of rotatable bonds is 5. The van der Waals surface area contributed by atoms with Gasteiger partial charge in [-0.1, -0.05) is 24.3 Å². The van der Waals surface area contributed by atoms with Gasteiger partial charge in [0.25, 0.3) is 0 Å². The molecule has 1 atom stereocenters. The van der Waals surface area contributed by atoms with E-state index in [2.05, 4.69) is 0 Å². The maximum absolute atomic E-state index is 13.3. The van der Waals surface area contributed by atoms with Gasteiger partial charge in [-0.15, -0.1) is 0 Å². The number of aromatic hydroxyl groups is 1. The molecule has 1 aliphatic heterocycles. The fraction of sp³-hybridized carbons (Fsp3) is 0.121. The number of aliphatic hydroxyl groups excluding tert-OH is 1. The fourth-order valence-corrected chi connectivity index (χ4v) is 5.57. The molecule has 6 aromatic rings. The molecule has 0 aliphatic carbocycles. The maximum atomic E-state index is 13.3. The van der Waals surface area contributed by atoms with E-state index in [1.807, 2.05) is 0 Å². The molecule has 0 amide bonds. The lowest BCUT2D eigenvalue weighted by Gasteiger charge is -2.24. The van der Waals surface area contributed by atoms with Crippen molar-refractivity contribution in [3.63, 3.8) is 0 Å². The second kappa shape index (κ2) is 10.0. The third-order valence-corrected chi connectivity index (χ3v) is 7.49. The molecule has 1 unspecified atom stereocenters. The summed E-state index contributed by atoms with van der Waals surface area (Å²) >= 11 is 0. The van der Waals surface area contributed by atoms with E-state index in [0.717, 1.165) is 5.56 Å². The monoisotopic (exact) mass is 578 g/mol. The highest BCUT2D eigenvalue weighted by atomic mass is 16.6. The van der Waals surface area contributed by atoms with E-state index in [4.69, 9.17) is 22.7 Å². The molecule has 1 aliphatic rings. The zero-order valence-corrected chi connectivity index (χ0v) is 22.6. The highest BCUT2D eigenvalue weighted by Crippen LogP contribution is 2.42. The molecular formula is C33H22O10. The molecule has 7 rings (SSSR count). The van der Waals surface area contributed by atoms with Crippen LogP contribution < -0.4 is 26.4 Å². The van der Waals surface area contributed by atoms with Gasteiger partial charge in [0.2, 0.25) is 6.29 Å². The number of hydrogen-bond donors (Lipinski definition) is 2. The molecule has 0 saturated heterocycles. The number of hydrogen-bond acceptors (Lipinski definition) is 10. The van der Waals surface area contributed by atoms with Gasteiger partial charge in [0.05, 0.1) is 23.6 Å². The van der Waals surface area contributed by atoms with Gasteiger partial charge in [0.15, 0.2) is 17.1 Å². The summed E-state index contributed by atoms with van der Waals surface area (Å²) < 4.78 is 27.4. The Bertz CT molecular complexity index is 2260. The maximum Gasteiger partial charge on any atom is 0.339 e. The Morgan fingerprint density at radius 3 is 2.44 bits per heavy atom. The van der Waals surface area contributed by atoms with Gasteiger partial charge in [0.1, 0.15) is 17.1 Å². The number of aliphatic hydroxyl groups is 1. The van der Waals surface area contributed by atoms with Crippen molar-refractivity contribution in [2.75, 3.05) is 7.11 Å². The molecule has 10 heteroatoms. The molecule has 4 heterocycles. The standard InChI is InChI=1S/C33H22O10/c1-39-26-7-2-4-20-17(14-28(36)42-31(20)26)12-19-13-22-30(43-32(19)37)21-11-16(8-9-24(21)41-33(22)38)10-18-15-27(35)40-25-6-3-5-23(34)29(18)25/h2-9,11,13-15,33-34,38H,10,12H2,1H3. The number of benzene rings is 3. The van der Waals surface area contributed by atoms with Crippen LogP contribution in [0.4, 0.5) is 0 Å². The second-order valence-electron chi connectivity index (χ2n) is 10.2. The van der Waals surface area contributed by atoms with E-state index in [0.29, 0.717) is 39.0 Å². The van der Waals surface area contributed by atoms with Gasteiger partial charge in [0, 0.05) is 29.5 Å². The molecule has 2 N–H and O–H groups in total. The Hall–Kier alpha value is -5.61. The normalized spacial score (nSPS) is 13.9. The average molecular weight is 579 g/mol. The Morgan fingerprint density at radius 2 is 1.60 bits per heavy atom. The molecular weight excluding hydrogens is 556 g/mol. The van der Waals surface area contributed by atoms with E-state index in [1.54, 1.807) is 48.5 Å². The first-order valence-electron chi connectivity index (χ1n) is 13.3. The van der Waals surface area contributed by atoms with Crippen LogP contribution >= 0.6 is 0 Å². The van der Waals surface area contributed by atoms with Crippen molar-refractivity contribution in [3.8, 4) is 28.6 Å². The van der Waals surface area contributed by atoms with E-state index in [1.165, 1.54) is 31.4 Å². The van der Waals surface area contributed by atoms with Crippen LogP contribution in [0, 0.1) is 0 Å². The summed E-state index contributed by atoms with van der Waals surface area (Å²) in [5, 5.41) is 22.3. The second-order valence-corrected chi connectivity index (χ2v) is 10.2. The number of phenols is 1. The van der Waals surface area contributed by atoms with Crippen LogP contribution in [0.25, 0.3) is 33.3 Å². The van der Waals surface area contributed by atoms with Crippen LogP contribution in [-0.4, -0.2) is 17.3 Å². The fourth-order valence-electron chi connectivity index (χ4n) is 5.57. The first-order chi connectivity index (χ1) is 20.8. The summed E-state index contributed by atoms with van der Waals surface area (Å²) in [5.74, 6) is 0.805. The van der Waals surface area contributed by atoms with Crippen molar-refractivity contribution in [1.82, 2.24) is 0 Å². The highest BCUT2D eigenvalue weighted by Gasteiger charge is 2.29. The molecule has 43 heavy (non-hydrogen) atoms. The minimum absolute atomic E-state index is 0.0213. The van der Waals surface area contributed by atoms with Gasteiger partial charge in [-0.3, -0.25) is 0 Å². The largest absolute Gasteiger partial charge is 0.507 e. The molecule has 0 saturated carbocycles. The Balaban J connectivity index is 1.29. The van der Waals surface area contributed by atoms with Gasteiger partial charge in [-0.25, -0.2) is 14.4 Å². The third-order valence-electron chi connectivity index (χ3n) is 7.49. The molecule has 214 valence electrons. The Kier molecular flexibility index (Phi) is 6.14. The van der Waals surface area contributed by atoms with Crippen molar-refractivity contribution in [3.05, 3.63) is 132 Å². The van der Waals surface area contributed by atoms with E-state index in [-0.39, 0.29) is 46.6 Å². The van der Waals surface area contributed by atoms with Crippen molar-refractivity contribution in [2.24, 2.45) is 0 Å². The SMILES string of the molecule is COc1cccc2c(Cc3cc4c(oc3=O)-c3cc(Cc5cc(=O)oc6cccc(O)c56)ccc3OC4O)cc(=O)oc12. The first kappa shape index (κ1) is 26.3. The van der Waals surface area contributed by atoms with Crippen molar-refractivity contribution < 1.29 is 32.9 Å². The topological polar surface area (TPSA) is 150 Å². The Morgan fingerprint density at radius 1 is 0.814 bits per heavy atom. The van der Waals surface area contributed by atoms with Crippen LogP contribution in [0.2, 0.25) is 0 Å². The summed E-state index contributed by atoms with van der Waals surface area (Å²) in [6.07, 6.45) is -1.13. The number of fused-ring (bicyclic) bond motifs is 5. The van der Waals surface area contributed by atoms with Crippen molar-refractivity contribution in [2.45, 2.75) is 19.1 Å². The molecule has 3 aromatic carbocycles. The van der Waals surface area contributed by atoms with Crippen LogP contribution in [-0.2, 0) is 12.8 Å². The quantitative estimate of drug-likeness (QED) is 0.273. The predicted molar refractivity (Wildman–Crippen MR) is 155 cm³/mol. The van der Waals surface area contributed by atoms with E-state index < -0.39 is 23.2 Å². The Labute approximate surface area is 241 Å². The third kappa shape index (κ3) is 4.54. The van der Waals surface area contributed by atoms with Gasteiger partial charge in [-0.05, 0) is 59.5 Å². The molecule has 0 radical (unpaired) electrons. The lowest BCUT2D eigenvalue weighted by Crippen LogP contribution is -2.19. The minimum Gasteiger partial charge on any atom is -0.507 e. The summed E-state index contributed by atoms with van der Waals surface area (Å²) in [7, 11) is 1.47. The van der Waals surface area contributed by atoms with Crippen LogP contribution in [0.1, 0.15) is 34.1 Å². The van der Waals surface area contributed by atoms with Crippen molar-refractivity contribution in [1.29, 1.82) is 0 Å². The molecule has 10 nitrogen and oxygen atoms in total. The van der Waals surface area contributed by atoms with Crippen LogP contribution in [0.15, 0.2) is 100 Å². The number of phenolic OH excluding ortho intramolecular Hbond substituents is 1. The van der Waals surface area contributed by atoms with E-state index >= 15 is 0 Å². The summed E-state index contributed by atoms with van der Waals surface area (Å²) in [6, 6.07) is 19.1. The predicted octanol–water partition coefficient (Wildman–Crippen LogP) is 4.80. The van der Waals surface area contributed by atoms with E-state index in [9.17, 15) is 24.6 Å². The molecule has 3 aromatic heterocycles. The number of para-hydroxylation sites is 1. The van der Waals surface area contributed by atoms with Crippen LogP contribution in [0.5, 0.6) is 17.2 Å². The molecule has 0 fully saturated rings. The number of methoxy groups -OCH3 is 1. The minimum atomic E-state index is -1.41. The summed E-state index contributed by atoms with van der Waals surface area (Å²) in [5.41, 5.74) is 1.40.